The molecule has 664 valence electrons. The number of imidazole rings is 4. The van der Waals surface area contributed by atoms with Gasteiger partial charge in [-0.2, -0.15) is 0 Å². The van der Waals surface area contributed by atoms with E-state index in [0.717, 1.165) is 51.7 Å². The second-order valence-electron chi connectivity index (χ2n) is 32.1. The molecule has 0 aliphatic carbocycles. The van der Waals surface area contributed by atoms with Crippen molar-refractivity contribution < 1.29 is 47.3 Å². The van der Waals surface area contributed by atoms with Crippen LogP contribution in [0.25, 0.3) is 88.6 Å². The first kappa shape index (κ1) is 94.1. The number of benzene rings is 4. The normalized spacial score (nSPS) is 13.0. The highest BCUT2D eigenvalue weighted by Gasteiger charge is 2.44. The predicted molar refractivity (Wildman–Crippen MR) is 487 cm³/mol. The van der Waals surface area contributed by atoms with Crippen LogP contribution in [0.3, 0.4) is 0 Å². The van der Waals surface area contributed by atoms with Crippen LogP contribution < -0.4 is 22.8 Å². The van der Waals surface area contributed by atoms with Crippen LogP contribution in [0.1, 0.15) is 185 Å². The summed E-state index contributed by atoms with van der Waals surface area (Å²) in [7, 11) is 0. The number of aromatic amines is 8. The summed E-state index contributed by atoms with van der Waals surface area (Å²) in [6.45, 7) is 23.4. The van der Waals surface area contributed by atoms with Gasteiger partial charge in [0.15, 0.2) is 11.2 Å². The summed E-state index contributed by atoms with van der Waals surface area (Å²) in [5, 5.41) is 64.6. The van der Waals surface area contributed by atoms with Crippen LogP contribution in [-0.4, -0.2) is 117 Å². The van der Waals surface area contributed by atoms with Gasteiger partial charge in [-0.1, -0.05) is 108 Å². The fourth-order valence-electron chi connectivity index (χ4n) is 16.3. The van der Waals surface area contributed by atoms with Gasteiger partial charge in [-0.3, -0.25) is 29.9 Å². The van der Waals surface area contributed by atoms with E-state index in [0.29, 0.717) is 147 Å². The molecule has 0 spiro atoms. The van der Waals surface area contributed by atoms with Gasteiger partial charge in [0.1, 0.15) is 34.2 Å². The summed E-state index contributed by atoms with van der Waals surface area (Å²) in [5.74, 6) is -0.483. The third-order valence-corrected chi connectivity index (χ3v) is 21.7. The Morgan fingerprint density at radius 3 is 0.875 bits per heavy atom. The number of nitrogens with zero attached hydrogens (tertiary/aromatic N) is 10. The third kappa shape index (κ3) is 18.3. The average Bonchev–Trinajstić information content (AvgIpc) is 1.53. The van der Waals surface area contributed by atoms with Gasteiger partial charge in [0.25, 0.3) is 0 Å². The highest BCUT2D eigenvalue weighted by Crippen LogP contribution is 2.48. The largest absolute Gasteiger partial charge is 0.379 e. The van der Waals surface area contributed by atoms with Gasteiger partial charge in [0.2, 0.25) is 5.92 Å². The lowest BCUT2D eigenvalue weighted by molar-refractivity contribution is -0.0211. The van der Waals surface area contributed by atoms with E-state index >= 15 is 0 Å². The number of hydrogen-bond donors (Lipinski definition) is 12. The van der Waals surface area contributed by atoms with Crippen LogP contribution in [0.4, 0.5) is 8.78 Å². The Kier molecular flexibility index (Phi) is 27.1. The van der Waals surface area contributed by atoms with E-state index in [1.807, 2.05) is 115 Å². The number of H-pyrrole nitrogens is 8. The topological polar surface area (TPSA) is 457 Å². The number of nitrogens with one attached hydrogen (secondary N) is 8. The molecule has 14 aromatic heterocycles. The van der Waals surface area contributed by atoms with Crippen molar-refractivity contribution in [2.75, 3.05) is 0 Å². The van der Waals surface area contributed by atoms with Crippen molar-refractivity contribution in [3.63, 3.8) is 0 Å². The first-order valence-electron chi connectivity index (χ1n) is 39.6. The van der Waals surface area contributed by atoms with Crippen molar-refractivity contribution in [2.24, 2.45) is 5.41 Å². The van der Waals surface area contributed by atoms with Crippen LogP contribution in [0.5, 0.6) is 0 Å². The molecule has 3 unspecified atom stereocenters. The Morgan fingerprint density at radius 1 is 0.328 bits per heavy atom. The summed E-state index contributed by atoms with van der Waals surface area (Å²) in [6.07, 6.45) is 7.51. The number of alkyl halides is 2. The maximum absolute atomic E-state index is 13.8. The Morgan fingerprint density at radius 2 is 0.602 bits per heavy atom. The molecule has 0 bridgehead atoms. The lowest BCUT2D eigenvalue weighted by atomic mass is 9.75. The number of hydrogen-bond acceptors (Lipinski definition) is 22. The second kappa shape index (κ2) is 36.9. The molecule has 0 fully saturated rings. The van der Waals surface area contributed by atoms with Crippen molar-refractivity contribution in [3.8, 4) is 44.5 Å². The van der Waals surface area contributed by atoms with E-state index < -0.39 is 40.4 Å². The molecule has 32 heteroatoms. The van der Waals surface area contributed by atoms with Gasteiger partial charge < -0.3 is 78.4 Å². The minimum Gasteiger partial charge on any atom is -0.379 e. The summed E-state index contributed by atoms with van der Waals surface area (Å²) >= 11 is 0. The van der Waals surface area contributed by atoms with Crippen molar-refractivity contribution in [1.82, 2.24) is 90.4 Å². The first-order valence-corrected chi connectivity index (χ1v) is 39.6. The molecule has 0 radical (unpaired) electrons. The van der Waals surface area contributed by atoms with Gasteiger partial charge in [0.05, 0.1) is 101 Å². The number of halogens is 2. The molecule has 14 heterocycles. The molecule has 4 aromatic carbocycles. The monoisotopic (exact) mass is 1740 g/mol. The van der Waals surface area contributed by atoms with Crippen molar-refractivity contribution in [3.05, 3.63) is 339 Å². The Hall–Kier alpha value is -14.6. The average molecular weight is 1740 g/mol. The van der Waals surface area contributed by atoms with Gasteiger partial charge in [-0.25, -0.2) is 28.0 Å². The van der Waals surface area contributed by atoms with Crippen molar-refractivity contribution in [1.29, 1.82) is 0 Å². The summed E-state index contributed by atoms with van der Waals surface area (Å²) in [5.41, 5.74) is 9.09. The Bertz CT molecular complexity index is 7080. The van der Waals surface area contributed by atoms with Crippen molar-refractivity contribution >= 4 is 44.1 Å². The number of rotatable bonds is 18. The molecule has 18 rings (SSSR count). The predicted octanol–water partition coefficient (Wildman–Crippen LogP) is 17.6. The molecule has 0 saturated heterocycles. The van der Waals surface area contributed by atoms with Gasteiger partial charge in [-0.15, -0.1) is 0 Å². The lowest BCUT2D eigenvalue weighted by Gasteiger charge is -2.35. The van der Waals surface area contributed by atoms with Gasteiger partial charge in [0, 0.05) is 87.6 Å². The number of pyridine rings is 6. The molecule has 0 saturated carbocycles. The molecule has 12 N–H and O–H groups in total. The van der Waals surface area contributed by atoms with Crippen LogP contribution in [0.15, 0.2) is 226 Å². The molecule has 18 aromatic rings. The van der Waals surface area contributed by atoms with Crippen LogP contribution in [-0.2, 0) is 22.4 Å². The molecule has 0 aliphatic heterocycles. The SMILES string of the molecule is C.C.C.C.Cc1cccc(C(O)(c2ccccn2)c2cc(-c3c(C)noc3C)cc3[nH]c(=O)[nH]c23)n1.Cc1noc(C)c1-c1cc(C(O)(CC(C)(C)C)c2ccccn2)c2[nH]c(=O)[nH]c2c1.Cc1noc(C)c1-c1cc(C(O)(CCC(C)(F)F)c2ccccn2)c2[nH]c(=O)[nH]c2c1.Cc1noc(C)c1-c1cc(C(O)(c2ccccn2)c2ccccn2)c2[nH]c(=O)[nH]c2c1. The van der Waals surface area contributed by atoms with Gasteiger partial charge in [-0.05, 0) is 231 Å². The number of fused-ring (bicyclic) bond motifs is 4. The van der Waals surface area contributed by atoms with E-state index in [-0.39, 0.29) is 69.9 Å². The maximum atomic E-state index is 13.8. The first-order chi connectivity index (χ1) is 59.0. The van der Waals surface area contributed by atoms with E-state index in [2.05, 4.69) is 111 Å². The van der Waals surface area contributed by atoms with Crippen LogP contribution in [0.2, 0.25) is 0 Å². The fourth-order valence-corrected chi connectivity index (χ4v) is 16.3. The molecule has 0 aliphatic rings. The van der Waals surface area contributed by atoms with E-state index in [1.165, 1.54) is 6.20 Å². The minimum absolute atomic E-state index is 0. The third-order valence-electron chi connectivity index (χ3n) is 21.7. The highest BCUT2D eigenvalue weighted by atomic mass is 19.3. The Labute approximate surface area is 733 Å². The quantitative estimate of drug-likeness (QED) is 0.0379. The zero-order valence-corrected chi connectivity index (χ0v) is 69.8. The number of aryl methyl sites for hydroxylation is 9. The molecule has 30 nitrogen and oxygen atoms in total. The second-order valence-corrected chi connectivity index (χ2v) is 32.1. The maximum Gasteiger partial charge on any atom is 0.323 e. The standard InChI is InChI=1S/C24H21N5O3.C23H19N5O3.C23H26N4O3.C22H22F2N4O3.4CH4/c1-13-7-6-9-20(26-13)24(31,19-8-4-5-10-25-19)17-11-16(21-14(2)29-32-15(21)3)12-18-22(17)28-23(30)27-18;1-13-20(14(2)31-28-13)15-11-16(21-17(12-15)26-22(29)27-21)23(30,18-7-3-5-9-24-18)19-8-4-6-10-25-19;1-13-19(14(2)30-27-13)15-10-16(20-17(11-15)25-21(28)26-20)23(29,12-22(3,4)5)18-8-6-7-9-24-18;1-12-18(13(2)31-28-12)14-10-15(19-16(11-14)26-20(29)27-19)22(30,8-7-21(3,23)24)17-6-4-5-9-25-17;;;;/h4-12,31H,1-3H3,(H2,27,28,30);3-12,30H,1-2H3,(H2,26,27,29);6-11,29H,12H2,1-5H3,(H2,25,26,28);4-6,9-11,30H,7-8H2,1-3H3,(H2,26,27,29);4*1H4. The van der Waals surface area contributed by atoms with Crippen LogP contribution >= 0.6 is 0 Å². The molecular formula is C96H104F2N18O12. The number of aliphatic hydroxyl groups is 4. The summed E-state index contributed by atoms with van der Waals surface area (Å²) in [6, 6.07) is 46.3. The van der Waals surface area contributed by atoms with Crippen molar-refractivity contribution in [2.45, 2.75) is 167 Å². The van der Waals surface area contributed by atoms with E-state index in [9.17, 15) is 48.4 Å². The summed E-state index contributed by atoms with van der Waals surface area (Å²) in [4.78, 5) is 97.7. The summed E-state index contributed by atoms with van der Waals surface area (Å²) < 4.78 is 48.9. The fraction of sp³-hybridized carbons (Fsp3) is 0.271. The Balaban J connectivity index is 0.000000164. The van der Waals surface area contributed by atoms with Gasteiger partial charge >= 0.3 is 22.8 Å². The van der Waals surface area contributed by atoms with E-state index in [4.69, 9.17) is 18.1 Å². The molecule has 0 amide bonds. The zero-order chi connectivity index (χ0) is 88.1. The number of aromatic nitrogens is 18. The van der Waals surface area contributed by atoms with Crippen LogP contribution in [0, 0.1) is 67.7 Å². The highest BCUT2D eigenvalue weighted by molar-refractivity contribution is 5.91. The molecular weight excluding hydrogens is 1640 g/mol. The lowest BCUT2D eigenvalue weighted by Crippen LogP contribution is -2.34. The minimum atomic E-state index is -2.99. The molecule has 128 heavy (non-hydrogen) atoms. The zero-order valence-electron chi connectivity index (χ0n) is 69.8. The van der Waals surface area contributed by atoms with E-state index in [1.54, 1.807) is 130 Å². The molecule has 3 atom stereocenters. The smallest absolute Gasteiger partial charge is 0.323 e.